The summed E-state index contributed by atoms with van der Waals surface area (Å²) in [4.78, 5) is 17.9. The zero-order chi connectivity index (χ0) is 13.1. The number of carbonyl (C=O) groups is 1. The number of hydrogen-bond acceptors (Lipinski definition) is 2. The summed E-state index contributed by atoms with van der Waals surface area (Å²) < 4.78 is 2.32. The Balaban J connectivity index is 1.97. The third-order valence-corrected chi connectivity index (χ3v) is 3.69. The quantitative estimate of drug-likeness (QED) is 0.818. The van der Waals surface area contributed by atoms with Crippen LogP contribution in [0.15, 0.2) is 0 Å². The molecule has 1 heterocycles. The van der Waals surface area contributed by atoms with Crippen LogP contribution >= 0.6 is 0 Å². The SMILES string of the molecule is Cc1nc2c(n1CCCC(=O)N(C)C)CCCC2. The van der Waals surface area contributed by atoms with E-state index >= 15 is 0 Å². The number of aryl methyl sites for hydroxylation is 2. The second-order valence-electron chi connectivity index (χ2n) is 5.30. The molecule has 0 aliphatic heterocycles. The van der Waals surface area contributed by atoms with Gasteiger partial charge >= 0.3 is 0 Å². The molecule has 0 aromatic carbocycles. The highest BCUT2D eigenvalue weighted by atomic mass is 16.2. The number of carbonyl (C=O) groups excluding carboxylic acids is 1. The van der Waals surface area contributed by atoms with Gasteiger partial charge in [-0.05, 0) is 39.0 Å². The molecule has 0 saturated heterocycles. The second kappa shape index (κ2) is 5.55. The molecule has 4 heteroatoms. The molecule has 0 saturated carbocycles. The molecule has 0 atom stereocenters. The highest BCUT2D eigenvalue weighted by Gasteiger charge is 2.17. The molecule has 0 unspecified atom stereocenters. The highest BCUT2D eigenvalue weighted by molar-refractivity contribution is 5.75. The van der Waals surface area contributed by atoms with E-state index in [0.717, 1.165) is 31.6 Å². The zero-order valence-corrected chi connectivity index (χ0v) is 11.7. The predicted molar refractivity (Wildman–Crippen MR) is 71.5 cm³/mol. The molecule has 0 bridgehead atoms. The molecule has 18 heavy (non-hydrogen) atoms. The van der Waals surface area contributed by atoms with Crippen molar-refractivity contribution in [2.45, 2.75) is 52.0 Å². The zero-order valence-electron chi connectivity index (χ0n) is 11.7. The van der Waals surface area contributed by atoms with Gasteiger partial charge in [-0.2, -0.15) is 0 Å². The Kier molecular flexibility index (Phi) is 4.04. The maximum atomic E-state index is 11.5. The van der Waals surface area contributed by atoms with Gasteiger partial charge in [0.25, 0.3) is 0 Å². The lowest BCUT2D eigenvalue weighted by Crippen LogP contribution is -2.21. The lowest BCUT2D eigenvalue weighted by molar-refractivity contribution is -0.128. The van der Waals surface area contributed by atoms with E-state index in [4.69, 9.17) is 0 Å². The molecule has 2 rings (SSSR count). The van der Waals surface area contributed by atoms with Crippen molar-refractivity contribution in [2.75, 3.05) is 14.1 Å². The summed E-state index contributed by atoms with van der Waals surface area (Å²) in [6, 6.07) is 0. The minimum atomic E-state index is 0.210. The van der Waals surface area contributed by atoms with Gasteiger partial charge in [0.2, 0.25) is 5.91 Å². The van der Waals surface area contributed by atoms with E-state index in [0.29, 0.717) is 6.42 Å². The fourth-order valence-corrected chi connectivity index (χ4v) is 2.64. The normalized spacial score (nSPS) is 14.4. The van der Waals surface area contributed by atoms with Gasteiger partial charge in [-0.3, -0.25) is 4.79 Å². The number of nitrogens with zero attached hydrogens (tertiary/aromatic N) is 3. The number of hydrogen-bond donors (Lipinski definition) is 0. The van der Waals surface area contributed by atoms with Crippen molar-refractivity contribution in [2.24, 2.45) is 0 Å². The summed E-state index contributed by atoms with van der Waals surface area (Å²) in [5.74, 6) is 1.32. The van der Waals surface area contributed by atoms with Gasteiger partial charge in [0.15, 0.2) is 0 Å². The van der Waals surface area contributed by atoms with Crippen LogP contribution in [0, 0.1) is 6.92 Å². The lowest BCUT2D eigenvalue weighted by atomic mass is 10.0. The maximum Gasteiger partial charge on any atom is 0.222 e. The summed E-state index contributed by atoms with van der Waals surface area (Å²) in [6.45, 7) is 3.00. The molecule has 100 valence electrons. The standard InChI is InChI=1S/C14H23N3O/c1-11-15-12-7-4-5-8-13(12)17(11)10-6-9-14(18)16(2)3/h4-10H2,1-3H3. The first-order valence-electron chi connectivity index (χ1n) is 6.84. The van der Waals surface area contributed by atoms with Gasteiger partial charge in [0.1, 0.15) is 5.82 Å². The minimum absolute atomic E-state index is 0.210. The fraction of sp³-hybridized carbons (Fsp3) is 0.714. The molecule has 0 spiro atoms. The molecule has 0 fully saturated rings. The van der Waals surface area contributed by atoms with Crippen LogP contribution in [0.2, 0.25) is 0 Å². The third-order valence-electron chi connectivity index (χ3n) is 3.69. The van der Waals surface area contributed by atoms with Crippen LogP contribution in [-0.4, -0.2) is 34.5 Å². The van der Waals surface area contributed by atoms with Gasteiger partial charge in [-0.25, -0.2) is 4.98 Å². The molecule has 0 radical (unpaired) electrons. The second-order valence-corrected chi connectivity index (χ2v) is 5.30. The van der Waals surface area contributed by atoms with E-state index < -0.39 is 0 Å². The van der Waals surface area contributed by atoms with Crippen LogP contribution in [-0.2, 0) is 24.2 Å². The molecule has 4 nitrogen and oxygen atoms in total. The monoisotopic (exact) mass is 249 g/mol. The van der Waals surface area contributed by atoms with Crippen molar-refractivity contribution in [3.05, 3.63) is 17.2 Å². The summed E-state index contributed by atoms with van der Waals surface area (Å²) in [5, 5.41) is 0. The minimum Gasteiger partial charge on any atom is -0.349 e. The van der Waals surface area contributed by atoms with E-state index in [9.17, 15) is 4.79 Å². The Hall–Kier alpha value is -1.32. The molecule has 1 aliphatic carbocycles. The first kappa shape index (κ1) is 13.1. The van der Waals surface area contributed by atoms with E-state index in [1.807, 2.05) is 14.1 Å². The van der Waals surface area contributed by atoms with Crippen LogP contribution in [0.1, 0.15) is 42.9 Å². The summed E-state index contributed by atoms with van der Waals surface area (Å²) in [6.07, 6.45) is 6.34. The predicted octanol–water partition coefficient (Wildman–Crippen LogP) is 1.94. The first-order valence-corrected chi connectivity index (χ1v) is 6.84. The van der Waals surface area contributed by atoms with Crippen LogP contribution in [0.3, 0.4) is 0 Å². The summed E-state index contributed by atoms with van der Waals surface area (Å²) >= 11 is 0. The van der Waals surface area contributed by atoms with E-state index in [1.165, 1.54) is 24.2 Å². The molecule has 1 aromatic rings. The average molecular weight is 249 g/mol. The molecule has 1 aromatic heterocycles. The van der Waals surface area contributed by atoms with Crippen molar-refractivity contribution >= 4 is 5.91 Å². The van der Waals surface area contributed by atoms with Crippen molar-refractivity contribution in [3.8, 4) is 0 Å². The molecular formula is C14H23N3O. The Bertz CT molecular complexity index is 434. The Morgan fingerprint density at radius 1 is 1.33 bits per heavy atom. The van der Waals surface area contributed by atoms with Crippen molar-refractivity contribution in [1.29, 1.82) is 0 Å². The number of fused-ring (bicyclic) bond motifs is 1. The van der Waals surface area contributed by atoms with Crippen LogP contribution in [0.25, 0.3) is 0 Å². The molecule has 0 N–H and O–H groups in total. The van der Waals surface area contributed by atoms with E-state index in [-0.39, 0.29) is 5.91 Å². The lowest BCUT2D eigenvalue weighted by Gasteiger charge is -2.15. The number of amides is 1. The van der Waals surface area contributed by atoms with Crippen molar-refractivity contribution in [3.63, 3.8) is 0 Å². The number of imidazole rings is 1. The third kappa shape index (κ3) is 2.74. The first-order chi connectivity index (χ1) is 8.59. The summed E-state index contributed by atoms with van der Waals surface area (Å²) in [5.41, 5.74) is 2.70. The van der Waals surface area contributed by atoms with Gasteiger partial charge < -0.3 is 9.47 Å². The fourth-order valence-electron chi connectivity index (χ4n) is 2.64. The smallest absolute Gasteiger partial charge is 0.222 e. The molecule has 1 aliphatic rings. The number of aromatic nitrogens is 2. The van der Waals surface area contributed by atoms with Crippen LogP contribution in [0.4, 0.5) is 0 Å². The Morgan fingerprint density at radius 2 is 2.06 bits per heavy atom. The van der Waals surface area contributed by atoms with Crippen molar-refractivity contribution in [1.82, 2.24) is 14.5 Å². The van der Waals surface area contributed by atoms with Crippen LogP contribution < -0.4 is 0 Å². The van der Waals surface area contributed by atoms with Crippen molar-refractivity contribution < 1.29 is 4.79 Å². The Labute approximate surface area is 109 Å². The van der Waals surface area contributed by atoms with Gasteiger partial charge in [-0.15, -0.1) is 0 Å². The van der Waals surface area contributed by atoms with E-state index in [1.54, 1.807) is 4.90 Å². The van der Waals surface area contributed by atoms with Gasteiger partial charge in [0, 0.05) is 32.8 Å². The highest BCUT2D eigenvalue weighted by Crippen LogP contribution is 2.22. The maximum absolute atomic E-state index is 11.5. The van der Waals surface area contributed by atoms with Gasteiger partial charge in [0.05, 0.1) is 5.69 Å². The molecule has 1 amide bonds. The number of rotatable bonds is 4. The average Bonchev–Trinajstić information content (AvgIpc) is 2.65. The van der Waals surface area contributed by atoms with E-state index in [2.05, 4.69) is 16.5 Å². The summed E-state index contributed by atoms with van der Waals surface area (Å²) in [7, 11) is 3.62. The van der Waals surface area contributed by atoms with Crippen LogP contribution in [0.5, 0.6) is 0 Å². The topological polar surface area (TPSA) is 38.1 Å². The van der Waals surface area contributed by atoms with Gasteiger partial charge in [-0.1, -0.05) is 0 Å². The largest absolute Gasteiger partial charge is 0.349 e. The molecular weight excluding hydrogens is 226 g/mol. The Morgan fingerprint density at radius 3 is 2.78 bits per heavy atom.